The Morgan fingerprint density at radius 2 is 2.15 bits per heavy atom. The van der Waals surface area contributed by atoms with Crippen molar-refractivity contribution in [3.8, 4) is 5.75 Å². The molecule has 1 fully saturated rings. The molecule has 20 heavy (non-hydrogen) atoms. The maximum absolute atomic E-state index is 13.1. The Hall–Kier alpha value is -1.34. The first-order valence-corrected chi connectivity index (χ1v) is 8.05. The fourth-order valence-electron chi connectivity index (χ4n) is 1.73. The van der Waals surface area contributed by atoms with Gasteiger partial charge in [0.25, 0.3) is 0 Å². The van der Waals surface area contributed by atoms with Crippen molar-refractivity contribution in [3.63, 3.8) is 0 Å². The van der Waals surface area contributed by atoms with E-state index in [0.717, 1.165) is 18.9 Å². The Balaban J connectivity index is 2.06. The lowest BCUT2D eigenvalue weighted by Crippen LogP contribution is -2.35. The van der Waals surface area contributed by atoms with Gasteiger partial charge in [0.2, 0.25) is 10.0 Å². The van der Waals surface area contributed by atoms with Gasteiger partial charge in [0, 0.05) is 18.7 Å². The summed E-state index contributed by atoms with van der Waals surface area (Å²) in [6.07, 6.45) is 2.21. The van der Waals surface area contributed by atoms with Gasteiger partial charge in [-0.3, -0.25) is 4.72 Å². The van der Waals surface area contributed by atoms with Crippen molar-refractivity contribution >= 4 is 15.7 Å². The number of methoxy groups -OCH3 is 1. The summed E-state index contributed by atoms with van der Waals surface area (Å²) in [4.78, 5) is 0. The third kappa shape index (κ3) is 3.83. The molecule has 1 atom stereocenters. The molecule has 0 aromatic heterocycles. The summed E-state index contributed by atoms with van der Waals surface area (Å²) in [6.45, 7) is 2.03. The van der Waals surface area contributed by atoms with E-state index in [1.54, 1.807) is 6.92 Å². The van der Waals surface area contributed by atoms with Crippen molar-refractivity contribution in [3.05, 3.63) is 24.0 Å². The van der Waals surface area contributed by atoms with Crippen LogP contribution in [0.4, 0.5) is 10.1 Å². The largest absolute Gasteiger partial charge is 0.494 e. The van der Waals surface area contributed by atoms with Gasteiger partial charge in [0.15, 0.2) is 0 Å². The van der Waals surface area contributed by atoms with E-state index in [9.17, 15) is 12.8 Å². The van der Waals surface area contributed by atoms with Crippen LogP contribution in [0.3, 0.4) is 0 Å². The molecule has 0 saturated heterocycles. The maximum atomic E-state index is 13.1. The summed E-state index contributed by atoms with van der Waals surface area (Å²) < 4.78 is 44.9. The van der Waals surface area contributed by atoms with Crippen LogP contribution in [0.5, 0.6) is 5.75 Å². The topological polar surface area (TPSA) is 67.4 Å². The standard InChI is InChI=1S/C13H19FN2O3S/c1-9(8-15-11-4-5-11)20(17,18)16-12-6-3-10(14)7-13(12)19-2/h3,6-7,9,11,15-16H,4-5,8H2,1-2H3. The Labute approximate surface area is 118 Å². The normalized spacial score (nSPS) is 16.8. The molecule has 7 heteroatoms. The Morgan fingerprint density at radius 1 is 1.45 bits per heavy atom. The predicted octanol–water partition coefficient (Wildman–Crippen LogP) is 1.72. The molecule has 0 amide bonds. The van der Waals surface area contributed by atoms with Crippen LogP contribution >= 0.6 is 0 Å². The van der Waals surface area contributed by atoms with Crippen LogP contribution in [0.1, 0.15) is 19.8 Å². The molecule has 0 aliphatic heterocycles. The van der Waals surface area contributed by atoms with Crippen LogP contribution in [0.2, 0.25) is 0 Å². The molecule has 1 aromatic carbocycles. The van der Waals surface area contributed by atoms with E-state index in [1.807, 2.05) is 0 Å². The van der Waals surface area contributed by atoms with Crippen molar-refractivity contribution in [2.24, 2.45) is 0 Å². The van der Waals surface area contributed by atoms with Crippen LogP contribution in [-0.4, -0.2) is 33.4 Å². The summed E-state index contributed by atoms with van der Waals surface area (Å²) in [5.41, 5.74) is 0.243. The molecule has 1 saturated carbocycles. The average Bonchev–Trinajstić information content (AvgIpc) is 3.21. The van der Waals surface area contributed by atoms with Crippen molar-refractivity contribution in [1.82, 2.24) is 5.32 Å². The summed E-state index contributed by atoms with van der Waals surface area (Å²) in [5.74, 6) is -0.316. The summed E-state index contributed by atoms with van der Waals surface area (Å²) in [6, 6.07) is 4.14. The molecule has 5 nitrogen and oxygen atoms in total. The summed E-state index contributed by atoms with van der Waals surface area (Å²) in [5, 5.41) is 2.59. The van der Waals surface area contributed by atoms with Gasteiger partial charge >= 0.3 is 0 Å². The number of halogens is 1. The molecule has 2 N–H and O–H groups in total. The van der Waals surface area contributed by atoms with Crippen LogP contribution in [0.15, 0.2) is 18.2 Å². The minimum Gasteiger partial charge on any atom is -0.494 e. The maximum Gasteiger partial charge on any atom is 0.236 e. The number of hydrogen-bond donors (Lipinski definition) is 2. The third-order valence-corrected chi connectivity index (χ3v) is 4.95. The fourth-order valence-corrected chi connectivity index (χ4v) is 2.73. The van der Waals surface area contributed by atoms with Crippen LogP contribution in [0, 0.1) is 5.82 Å². The Bertz CT molecular complexity index is 573. The molecule has 0 spiro atoms. The van der Waals surface area contributed by atoms with Gasteiger partial charge in [-0.2, -0.15) is 0 Å². The molecular weight excluding hydrogens is 283 g/mol. The van der Waals surface area contributed by atoms with E-state index in [2.05, 4.69) is 10.0 Å². The molecule has 1 aliphatic carbocycles. The smallest absolute Gasteiger partial charge is 0.236 e. The van der Waals surface area contributed by atoms with E-state index in [4.69, 9.17) is 4.74 Å². The van der Waals surface area contributed by atoms with Gasteiger partial charge < -0.3 is 10.1 Å². The van der Waals surface area contributed by atoms with Gasteiger partial charge in [0.1, 0.15) is 11.6 Å². The molecule has 0 radical (unpaired) electrons. The highest BCUT2D eigenvalue weighted by molar-refractivity contribution is 7.93. The number of benzene rings is 1. The van der Waals surface area contributed by atoms with E-state index in [0.29, 0.717) is 12.6 Å². The number of sulfonamides is 1. The highest BCUT2D eigenvalue weighted by Crippen LogP contribution is 2.26. The third-order valence-electron chi connectivity index (χ3n) is 3.22. The highest BCUT2D eigenvalue weighted by atomic mass is 32.2. The second-order valence-electron chi connectivity index (χ2n) is 4.98. The Kier molecular flexibility index (Phi) is 4.49. The molecular formula is C13H19FN2O3S. The monoisotopic (exact) mass is 302 g/mol. The van der Waals surface area contributed by atoms with Gasteiger partial charge in [-0.25, -0.2) is 12.8 Å². The summed E-state index contributed by atoms with van der Waals surface area (Å²) >= 11 is 0. The SMILES string of the molecule is COc1cc(F)ccc1NS(=O)(=O)C(C)CNC1CC1. The fraction of sp³-hybridized carbons (Fsp3) is 0.538. The second-order valence-corrected chi connectivity index (χ2v) is 7.08. The molecule has 2 rings (SSSR count). The number of anilines is 1. The van der Waals surface area contributed by atoms with E-state index < -0.39 is 21.1 Å². The first-order chi connectivity index (χ1) is 9.42. The Morgan fingerprint density at radius 3 is 2.75 bits per heavy atom. The molecule has 1 unspecified atom stereocenters. The van der Waals surface area contributed by atoms with Crippen molar-refractivity contribution in [1.29, 1.82) is 0 Å². The van der Waals surface area contributed by atoms with Gasteiger partial charge in [-0.15, -0.1) is 0 Å². The van der Waals surface area contributed by atoms with Crippen molar-refractivity contribution < 1.29 is 17.5 Å². The van der Waals surface area contributed by atoms with Gasteiger partial charge in [-0.1, -0.05) is 0 Å². The first-order valence-electron chi connectivity index (χ1n) is 6.51. The second kappa shape index (κ2) is 5.97. The number of rotatable bonds is 7. The predicted molar refractivity (Wildman–Crippen MR) is 76.0 cm³/mol. The van der Waals surface area contributed by atoms with Gasteiger partial charge in [0.05, 0.1) is 18.0 Å². The number of hydrogen-bond acceptors (Lipinski definition) is 4. The number of nitrogens with one attached hydrogen (secondary N) is 2. The van der Waals surface area contributed by atoms with E-state index in [1.165, 1.54) is 19.2 Å². The molecule has 112 valence electrons. The van der Waals surface area contributed by atoms with Crippen LogP contribution in [-0.2, 0) is 10.0 Å². The first kappa shape index (κ1) is 15.1. The van der Waals surface area contributed by atoms with Crippen LogP contribution < -0.4 is 14.8 Å². The molecule has 1 aliphatic rings. The molecule has 1 aromatic rings. The zero-order valence-corrected chi connectivity index (χ0v) is 12.3. The lowest BCUT2D eigenvalue weighted by molar-refractivity contribution is 0.413. The summed E-state index contributed by atoms with van der Waals surface area (Å²) in [7, 11) is -2.18. The molecule has 0 heterocycles. The average molecular weight is 302 g/mol. The lowest BCUT2D eigenvalue weighted by Gasteiger charge is -2.17. The van der Waals surface area contributed by atoms with Crippen molar-refractivity contribution in [2.45, 2.75) is 31.1 Å². The van der Waals surface area contributed by atoms with Gasteiger partial charge in [-0.05, 0) is 31.9 Å². The number of ether oxygens (including phenoxy) is 1. The quantitative estimate of drug-likeness (QED) is 0.805. The van der Waals surface area contributed by atoms with Crippen molar-refractivity contribution in [2.75, 3.05) is 18.4 Å². The zero-order chi connectivity index (χ0) is 14.8. The van der Waals surface area contributed by atoms with E-state index in [-0.39, 0.29) is 11.4 Å². The zero-order valence-electron chi connectivity index (χ0n) is 11.5. The lowest BCUT2D eigenvalue weighted by atomic mass is 10.3. The minimum atomic E-state index is -3.54. The highest BCUT2D eigenvalue weighted by Gasteiger charge is 2.26. The molecule has 0 bridgehead atoms. The van der Waals surface area contributed by atoms with E-state index >= 15 is 0 Å². The minimum absolute atomic E-state index is 0.163. The van der Waals surface area contributed by atoms with Crippen LogP contribution in [0.25, 0.3) is 0 Å².